The molecule has 0 aliphatic rings. The highest BCUT2D eigenvalue weighted by Gasteiger charge is 2.06. The van der Waals surface area contributed by atoms with Gasteiger partial charge in [0, 0.05) is 18.1 Å². The van der Waals surface area contributed by atoms with Gasteiger partial charge in [0.05, 0.1) is 0 Å². The van der Waals surface area contributed by atoms with Gasteiger partial charge in [-0.3, -0.25) is 4.98 Å². The molecule has 0 atom stereocenters. The molecule has 0 unspecified atom stereocenters. The van der Waals surface area contributed by atoms with Gasteiger partial charge in [0.1, 0.15) is 4.60 Å². The van der Waals surface area contributed by atoms with Crippen LogP contribution in [-0.2, 0) is 12.8 Å². The Bertz CT molecular complexity index is 474. The van der Waals surface area contributed by atoms with Crippen molar-refractivity contribution in [3.05, 3.63) is 58.3 Å². The van der Waals surface area contributed by atoms with Gasteiger partial charge in [0.25, 0.3) is 0 Å². The summed E-state index contributed by atoms with van der Waals surface area (Å²) < 4.78 is 13.8. The molecule has 0 spiro atoms. The average Bonchev–Trinajstić information content (AvgIpc) is 2.32. The number of hydrogen-bond acceptors (Lipinski definition) is 2. The molecule has 2 aromatic heterocycles. The molecule has 2 rings (SSSR count). The molecule has 0 amide bonds. The van der Waals surface area contributed by atoms with Gasteiger partial charge in [0.15, 0.2) is 5.82 Å². The minimum absolute atomic E-state index is 0.269. The van der Waals surface area contributed by atoms with E-state index < -0.39 is 0 Å². The minimum atomic E-state index is -0.279. The summed E-state index contributed by atoms with van der Waals surface area (Å²) >= 11 is 3.07. The Kier molecular flexibility index (Phi) is 3.62. The molecule has 0 saturated carbocycles. The maximum absolute atomic E-state index is 13.6. The molecule has 4 heteroatoms. The molecule has 0 N–H and O–H groups in total. The van der Waals surface area contributed by atoms with Crippen molar-refractivity contribution in [2.24, 2.45) is 0 Å². The fourth-order valence-electron chi connectivity index (χ4n) is 1.46. The average molecular weight is 281 g/mol. The van der Waals surface area contributed by atoms with Crippen LogP contribution in [0.2, 0.25) is 0 Å². The molecule has 2 heterocycles. The van der Waals surface area contributed by atoms with Crippen molar-refractivity contribution < 1.29 is 4.39 Å². The van der Waals surface area contributed by atoms with Crippen LogP contribution in [0, 0.1) is 5.82 Å². The van der Waals surface area contributed by atoms with E-state index in [0.29, 0.717) is 12.0 Å². The van der Waals surface area contributed by atoms with Crippen LogP contribution in [0.25, 0.3) is 0 Å². The van der Waals surface area contributed by atoms with E-state index in [0.717, 1.165) is 12.1 Å². The van der Waals surface area contributed by atoms with Crippen molar-refractivity contribution in [2.75, 3.05) is 0 Å². The van der Waals surface area contributed by atoms with Gasteiger partial charge in [-0.05, 0) is 52.5 Å². The van der Waals surface area contributed by atoms with E-state index in [1.54, 1.807) is 18.5 Å². The van der Waals surface area contributed by atoms with Crippen LogP contribution >= 0.6 is 15.9 Å². The molecule has 0 radical (unpaired) electrons. The molecular formula is C12H10BrFN2. The number of halogens is 2. The summed E-state index contributed by atoms with van der Waals surface area (Å²) in [6.07, 6.45) is 4.70. The topological polar surface area (TPSA) is 25.8 Å². The number of nitrogens with zero attached hydrogens (tertiary/aromatic N) is 2. The third-order valence-corrected chi connectivity index (χ3v) is 2.86. The maximum Gasteiger partial charge on any atom is 0.159 e. The van der Waals surface area contributed by atoms with Crippen LogP contribution in [0.15, 0.2) is 41.3 Å². The van der Waals surface area contributed by atoms with Crippen LogP contribution < -0.4 is 0 Å². The second-order valence-corrected chi connectivity index (χ2v) is 4.15. The van der Waals surface area contributed by atoms with Crippen molar-refractivity contribution in [3.8, 4) is 0 Å². The van der Waals surface area contributed by atoms with E-state index in [-0.39, 0.29) is 10.4 Å². The van der Waals surface area contributed by atoms with Gasteiger partial charge < -0.3 is 0 Å². The zero-order valence-corrected chi connectivity index (χ0v) is 10.1. The van der Waals surface area contributed by atoms with Gasteiger partial charge in [0.2, 0.25) is 0 Å². The van der Waals surface area contributed by atoms with Crippen molar-refractivity contribution in [1.29, 1.82) is 0 Å². The standard InChI is InChI=1S/C12H10BrFN2/c13-12-11(14)9(6-8-16-12)4-5-10-3-1-2-7-15-10/h1-3,6-8H,4-5H2. The summed E-state index contributed by atoms with van der Waals surface area (Å²) in [5.41, 5.74) is 1.63. The molecule has 0 aliphatic heterocycles. The number of hydrogen-bond donors (Lipinski definition) is 0. The van der Waals surface area contributed by atoms with E-state index in [9.17, 15) is 4.39 Å². The summed E-state index contributed by atoms with van der Waals surface area (Å²) in [6.45, 7) is 0. The highest BCUT2D eigenvalue weighted by Crippen LogP contribution is 2.17. The largest absolute Gasteiger partial charge is 0.261 e. The molecule has 82 valence electrons. The predicted molar refractivity (Wildman–Crippen MR) is 63.5 cm³/mol. The monoisotopic (exact) mass is 280 g/mol. The lowest BCUT2D eigenvalue weighted by molar-refractivity contribution is 0.593. The van der Waals surface area contributed by atoms with Crippen LogP contribution in [0.5, 0.6) is 0 Å². The number of aromatic nitrogens is 2. The molecule has 2 nitrogen and oxygen atoms in total. The summed E-state index contributed by atoms with van der Waals surface area (Å²) in [4.78, 5) is 8.02. The smallest absolute Gasteiger partial charge is 0.159 e. The molecular weight excluding hydrogens is 271 g/mol. The first kappa shape index (κ1) is 11.2. The Balaban J connectivity index is 2.08. The van der Waals surface area contributed by atoms with Crippen molar-refractivity contribution in [3.63, 3.8) is 0 Å². The third-order valence-electron chi connectivity index (χ3n) is 2.30. The SMILES string of the molecule is Fc1c(CCc2ccccn2)ccnc1Br. The molecule has 0 bridgehead atoms. The highest BCUT2D eigenvalue weighted by atomic mass is 79.9. The Morgan fingerprint density at radius 1 is 1.06 bits per heavy atom. The number of aryl methyl sites for hydroxylation is 2. The van der Waals surface area contributed by atoms with E-state index >= 15 is 0 Å². The van der Waals surface area contributed by atoms with E-state index in [1.165, 1.54) is 0 Å². The molecule has 0 saturated heterocycles. The summed E-state index contributed by atoms with van der Waals surface area (Å²) in [5, 5.41) is 0. The van der Waals surface area contributed by atoms with Crippen molar-refractivity contribution in [1.82, 2.24) is 9.97 Å². The van der Waals surface area contributed by atoms with Gasteiger partial charge >= 0.3 is 0 Å². The van der Waals surface area contributed by atoms with Crippen LogP contribution in [-0.4, -0.2) is 9.97 Å². The number of rotatable bonds is 3. The fraction of sp³-hybridized carbons (Fsp3) is 0.167. The molecule has 0 aliphatic carbocycles. The summed E-state index contributed by atoms with van der Waals surface area (Å²) in [5.74, 6) is -0.279. The first-order chi connectivity index (χ1) is 7.77. The predicted octanol–water partition coefficient (Wildman–Crippen LogP) is 3.16. The van der Waals surface area contributed by atoms with Crippen molar-refractivity contribution >= 4 is 15.9 Å². The lowest BCUT2D eigenvalue weighted by Gasteiger charge is -2.03. The number of pyridine rings is 2. The Labute approximate surface area is 102 Å². The Morgan fingerprint density at radius 3 is 2.69 bits per heavy atom. The molecule has 0 aromatic carbocycles. The van der Waals surface area contributed by atoms with Gasteiger partial charge in [-0.25, -0.2) is 9.37 Å². The maximum atomic E-state index is 13.6. The Morgan fingerprint density at radius 2 is 1.94 bits per heavy atom. The Hall–Kier alpha value is -1.29. The van der Waals surface area contributed by atoms with Gasteiger partial charge in [-0.1, -0.05) is 6.07 Å². The summed E-state index contributed by atoms with van der Waals surface area (Å²) in [7, 11) is 0. The lowest BCUT2D eigenvalue weighted by Crippen LogP contribution is -1.98. The second kappa shape index (κ2) is 5.16. The zero-order valence-electron chi connectivity index (χ0n) is 8.53. The fourth-order valence-corrected chi connectivity index (χ4v) is 1.83. The zero-order chi connectivity index (χ0) is 11.4. The van der Waals surface area contributed by atoms with E-state index in [2.05, 4.69) is 25.9 Å². The summed E-state index contributed by atoms with van der Waals surface area (Å²) in [6, 6.07) is 7.44. The normalized spacial score (nSPS) is 10.4. The lowest BCUT2D eigenvalue weighted by atomic mass is 10.1. The molecule has 0 fully saturated rings. The van der Waals surface area contributed by atoms with Crippen LogP contribution in [0.4, 0.5) is 4.39 Å². The van der Waals surface area contributed by atoms with E-state index in [4.69, 9.17) is 0 Å². The van der Waals surface area contributed by atoms with Gasteiger partial charge in [-0.2, -0.15) is 0 Å². The van der Waals surface area contributed by atoms with Gasteiger partial charge in [-0.15, -0.1) is 0 Å². The molecule has 2 aromatic rings. The first-order valence-corrected chi connectivity index (χ1v) is 5.75. The van der Waals surface area contributed by atoms with Crippen LogP contribution in [0.3, 0.4) is 0 Å². The van der Waals surface area contributed by atoms with E-state index in [1.807, 2.05) is 18.2 Å². The minimum Gasteiger partial charge on any atom is -0.261 e. The van der Waals surface area contributed by atoms with Crippen LogP contribution in [0.1, 0.15) is 11.3 Å². The highest BCUT2D eigenvalue weighted by molar-refractivity contribution is 9.10. The first-order valence-electron chi connectivity index (χ1n) is 4.96. The second-order valence-electron chi connectivity index (χ2n) is 3.40. The molecule has 16 heavy (non-hydrogen) atoms. The third kappa shape index (κ3) is 2.64. The van der Waals surface area contributed by atoms with Crippen molar-refractivity contribution in [2.45, 2.75) is 12.8 Å². The quantitative estimate of drug-likeness (QED) is 0.808.